The molecule has 1 unspecified atom stereocenters. The van der Waals surface area contributed by atoms with Crippen molar-refractivity contribution in [3.05, 3.63) is 0 Å². The standard InChI is InChI=1S/C10H22N2O/c1-2-6-12-7-3-4-10(9-12)11-5-8-13/h10-11,13H,2-9H2,1H3. The predicted octanol–water partition coefficient (Wildman–Crippen LogP) is 0.443. The minimum absolute atomic E-state index is 0.254. The van der Waals surface area contributed by atoms with Gasteiger partial charge in [-0.2, -0.15) is 0 Å². The third-order valence-electron chi connectivity index (χ3n) is 2.59. The Morgan fingerprint density at radius 3 is 3.08 bits per heavy atom. The molecule has 1 rings (SSSR count). The van der Waals surface area contributed by atoms with E-state index in [2.05, 4.69) is 17.1 Å². The Labute approximate surface area is 81.1 Å². The van der Waals surface area contributed by atoms with Crippen LogP contribution in [-0.4, -0.2) is 48.8 Å². The highest BCUT2D eigenvalue weighted by Crippen LogP contribution is 2.09. The van der Waals surface area contributed by atoms with E-state index in [0.717, 1.165) is 13.1 Å². The molecule has 0 aromatic carbocycles. The smallest absolute Gasteiger partial charge is 0.0556 e. The summed E-state index contributed by atoms with van der Waals surface area (Å²) in [6.07, 6.45) is 3.80. The van der Waals surface area contributed by atoms with Crippen molar-refractivity contribution >= 4 is 0 Å². The molecule has 0 bridgehead atoms. The Bertz CT molecular complexity index is 128. The summed E-state index contributed by atoms with van der Waals surface area (Å²) < 4.78 is 0. The molecule has 0 amide bonds. The number of aliphatic hydroxyl groups excluding tert-OH is 1. The van der Waals surface area contributed by atoms with Crippen molar-refractivity contribution < 1.29 is 5.11 Å². The van der Waals surface area contributed by atoms with Gasteiger partial charge in [0, 0.05) is 19.1 Å². The topological polar surface area (TPSA) is 35.5 Å². The second kappa shape index (κ2) is 6.35. The van der Waals surface area contributed by atoms with Gasteiger partial charge in [0.1, 0.15) is 0 Å². The van der Waals surface area contributed by atoms with Gasteiger partial charge in [-0.25, -0.2) is 0 Å². The lowest BCUT2D eigenvalue weighted by atomic mass is 10.1. The van der Waals surface area contributed by atoms with E-state index in [1.807, 2.05) is 0 Å². The van der Waals surface area contributed by atoms with Crippen LogP contribution >= 0.6 is 0 Å². The van der Waals surface area contributed by atoms with Gasteiger partial charge >= 0.3 is 0 Å². The first kappa shape index (κ1) is 11.0. The second-order valence-electron chi connectivity index (χ2n) is 3.82. The minimum Gasteiger partial charge on any atom is -0.395 e. The third kappa shape index (κ3) is 4.07. The van der Waals surface area contributed by atoms with Gasteiger partial charge in [-0.1, -0.05) is 6.92 Å². The third-order valence-corrected chi connectivity index (χ3v) is 2.59. The first-order valence-electron chi connectivity index (χ1n) is 5.43. The van der Waals surface area contributed by atoms with Crippen LogP contribution in [0.1, 0.15) is 26.2 Å². The van der Waals surface area contributed by atoms with Crippen LogP contribution in [0.25, 0.3) is 0 Å². The van der Waals surface area contributed by atoms with Crippen LogP contribution in [-0.2, 0) is 0 Å². The molecule has 0 aromatic rings. The van der Waals surface area contributed by atoms with E-state index in [4.69, 9.17) is 5.11 Å². The van der Waals surface area contributed by atoms with Gasteiger partial charge in [0.05, 0.1) is 6.61 Å². The lowest BCUT2D eigenvalue weighted by molar-refractivity contribution is 0.183. The molecule has 0 radical (unpaired) electrons. The number of rotatable bonds is 5. The first-order valence-corrected chi connectivity index (χ1v) is 5.43. The number of nitrogens with one attached hydrogen (secondary N) is 1. The molecule has 2 N–H and O–H groups in total. The molecule has 1 heterocycles. The number of hydrogen-bond acceptors (Lipinski definition) is 3. The average molecular weight is 186 g/mol. The summed E-state index contributed by atoms with van der Waals surface area (Å²) in [4.78, 5) is 2.51. The molecule has 3 heteroatoms. The number of likely N-dealkylation sites (tertiary alicyclic amines) is 1. The highest BCUT2D eigenvalue weighted by Gasteiger charge is 2.17. The van der Waals surface area contributed by atoms with Crippen LogP contribution in [0.3, 0.4) is 0 Å². The average Bonchev–Trinajstić information content (AvgIpc) is 2.16. The molecule has 1 aliphatic rings. The molecule has 1 aliphatic heterocycles. The largest absolute Gasteiger partial charge is 0.395 e. The second-order valence-corrected chi connectivity index (χ2v) is 3.82. The van der Waals surface area contributed by atoms with Gasteiger partial charge in [-0.15, -0.1) is 0 Å². The predicted molar refractivity (Wildman–Crippen MR) is 54.8 cm³/mol. The van der Waals surface area contributed by atoms with Crippen molar-refractivity contribution in [2.24, 2.45) is 0 Å². The highest BCUT2D eigenvalue weighted by atomic mass is 16.3. The molecular formula is C10H22N2O. The van der Waals surface area contributed by atoms with Crippen LogP contribution in [0.15, 0.2) is 0 Å². The summed E-state index contributed by atoms with van der Waals surface area (Å²) in [5.41, 5.74) is 0. The molecule has 78 valence electrons. The summed E-state index contributed by atoms with van der Waals surface area (Å²) in [6, 6.07) is 0.604. The van der Waals surface area contributed by atoms with E-state index in [-0.39, 0.29) is 6.61 Å². The number of aliphatic hydroxyl groups is 1. The molecule has 1 fully saturated rings. The molecule has 0 saturated carbocycles. The van der Waals surface area contributed by atoms with E-state index >= 15 is 0 Å². The Morgan fingerprint density at radius 1 is 1.54 bits per heavy atom. The molecule has 1 saturated heterocycles. The number of piperidine rings is 1. The summed E-state index contributed by atoms with van der Waals surface area (Å²) in [6.45, 7) is 6.86. The number of hydrogen-bond donors (Lipinski definition) is 2. The Morgan fingerprint density at radius 2 is 2.38 bits per heavy atom. The zero-order valence-corrected chi connectivity index (χ0v) is 8.63. The van der Waals surface area contributed by atoms with Crippen molar-refractivity contribution in [1.82, 2.24) is 10.2 Å². The fourth-order valence-electron chi connectivity index (χ4n) is 2.01. The van der Waals surface area contributed by atoms with Gasteiger partial charge in [0.25, 0.3) is 0 Å². The molecule has 1 atom stereocenters. The van der Waals surface area contributed by atoms with E-state index in [1.54, 1.807) is 0 Å². The molecule has 3 nitrogen and oxygen atoms in total. The zero-order chi connectivity index (χ0) is 9.52. The monoisotopic (exact) mass is 186 g/mol. The quantitative estimate of drug-likeness (QED) is 0.654. The molecule has 0 aromatic heterocycles. The van der Waals surface area contributed by atoms with Crippen LogP contribution in [0.4, 0.5) is 0 Å². The van der Waals surface area contributed by atoms with Crippen molar-refractivity contribution in [2.75, 3.05) is 32.8 Å². The Hall–Kier alpha value is -0.120. The summed E-state index contributed by atoms with van der Waals surface area (Å²) in [5.74, 6) is 0. The summed E-state index contributed by atoms with van der Waals surface area (Å²) in [5, 5.41) is 12.1. The van der Waals surface area contributed by atoms with E-state index < -0.39 is 0 Å². The maximum atomic E-state index is 8.69. The Kier molecular flexibility index (Phi) is 5.35. The van der Waals surface area contributed by atoms with Gasteiger partial charge in [0.15, 0.2) is 0 Å². The SMILES string of the molecule is CCCN1CCCC(NCCO)C1. The van der Waals surface area contributed by atoms with Gasteiger partial charge in [-0.05, 0) is 32.4 Å². The van der Waals surface area contributed by atoms with Crippen LogP contribution in [0.2, 0.25) is 0 Å². The maximum Gasteiger partial charge on any atom is 0.0556 e. The van der Waals surface area contributed by atoms with Crippen molar-refractivity contribution in [2.45, 2.75) is 32.2 Å². The molecule has 0 aliphatic carbocycles. The van der Waals surface area contributed by atoms with Gasteiger partial charge in [-0.3, -0.25) is 0 Å². The van der Waals surface area contributed by atoms with Gasteiger partial charge in [0.2, 0.25) is 0 Å². The van der Waals surface area contributed by atoms with Crippen LogP contribution in [0, 0.1) is 0 Å². The molecule has 0 spiro atoms. The van der Waals surface area contributed by atoms with Crippen LogP contribution in [0.5, 0.6) is 0 Å². The molecular weight excluding hydrogens is 164 g/mol. The molecule has 13 heavy (non-hydrogen) atoms. The fraction of sp³-hybridized carbons (Fsp3) is 1.00. The van der Waals surface area contributed by atoms with Crippen molar-refractivity contribution in [3.63, 3.8) is 0 Å². The fourth-order valence-corrected chi connectivity index (χ4v) is 2.01. The van der Waals surface area contributed by atoms with Crippen LogP contribution < -0.4 is 5.32 Å². The number of nitrogens with zero attached hydrogens (tertiary/aromatic N) is 1. The normalized spacial score (nSPS) is 24.9. The van der Waals surface area contributed by atoms with Crippen molar-refractivity contribution in [1.29, 1.82) is 0 Å². The summed E-state index contributed by atoms with van der Waals surface area (Å²) >= 11 is 0. The van der Waals surface area contributed by atoms with E-state index in [0.29, 0.717) is 6.04 Å². The maximum absolute atomic E-state index is 8.69. The zero-order valence-electron chi connectivity index (χ0n) is 8.63. The van der Waals surface area contributed by atoms with E-state index in [9.17, 15) is 0 Å². The Balaban J connectivity index is 2.16. The first-order chi connectivity index (χ1) is 6.36. The van der Waals surface area contributed by atoms with E-state index in [1.165, 1.54) is 32.4 Å². The minimum atomic E-state index is 0.254. The lowest BCUT2D eigenvalue weighted by Crippen LogP contribution is -2.46. The van der Waals surface area contributed by atoms with Gasteiger partial charge < -0.3 is 15.3 Å². The highest BCUT2D eigenvalue weighted by molar-refractivity contribution is 4.77. The lowest BCUT2D eigenvalue weighted by Gasteiger charge is -2.32. The summed E-state index contributed by atoms with van der Waals surface area (Å²) in [7, 11) is 0. The van der Waals surface area contributed by atoms with Crippen molar-refractivity contribution in [3.8, 4) is 0 Å².